The molecule has 19 heavy (non-hydrogen) atoms. The molecule has 0 unspecified atom stereocenters. The molecule has 0 saturated carbocycles. The van der Waals surface area contributed by atoms with Gasteiger partial charge < -0.3 is 4.74 Å². The molecular weight excluding hydrogens is 256 g/mol. The molecule has 0 radical (unpaired) electrons. The lowest BCUT2D eigenvalue weighted by Crippen LogP contribution is -2.10. The molecule has 0 bridgehead atoms. The zero-order valence-electron chi connectivity index (χ0n) is 11.0. The van der Waals surface area contributed by atoms with E-state index >= 15 is 0 Å². The molecule has 0 heterocycles. The van der Waals surface area contributed by atoms with E-state index in [1.165, 1.54) is 17.3 Å². The van der Waals surface area contributed by atoms with Crippen LogP contribution in [-0.2, 0) is 9.53 Å². The molecule has 0 fully saturated rings. The molecule has 1 atom stereocenters. The van der Waals surface area contributed by atoms with Crippen LogP contribution in [0.1, 0.15) is 17.2 Å². The molecule has 2 nitrogen and oxygen atoms in total. The van der Waals surface area contributed by atoms with Crippen molar-refractivity contribution in [3.8, 4) is 0 Å². The van der Waals surface area contributed by atoms with Crippen LogP contribution < -0.4 is 0 Å². The largest absolute Gasteiger partial charge is 0.368 e. The third kappa shape index (κ3) is 3.69. The van der Waals surface area contributed by atoms with E-state index in [2.05, 4.69) is 0 Å². The molecule has 2 aromatic rings. The molecule has 0 spiro atoms. The second-order valence-corrected chi connectivity index (χ2v) is 5.34. The van der Waals surface area contributed by atoms with Gasteiger partial charge in [0.05, 0.1) is 0 Å². The maximum atomic E-state index is 12.3. The summed E-state index contributed by atoms with van der Waals surface area (Å²) in [6, 6.07) is 17.5. The van der Waals surface area contributed by atoms with Crippen molar-refractivity contribution >= 4 is 16.9 Å². The van der Waals surface area contributed by atoms with E-state index in [0.29, 0.717) is 0 Å². The molecule has 2 rings (SSSR count). The normalized spacial score (nSPS) is 12.1. The molecule has 2 aromatic carbocycles. The Morgan fingerprint density at radius 1 is 1.05 bits per heavy atom. The third-order valence-electron chi connectivity index (χ3n) is 2.79. The first-order valence-corrected chi connectivity index (χ1v) is 6.88. The Morgan fingerprint density at radius 2 is 1.68 bits per heavy atom. The lowest BCUT2D eigenvalue weighted by molar-refractivity contribution is -0.120. The predicted molar refractivity (Wildman–Crippen MR) is 78.2 cm³/mol. The lowest BCUT2D eigenvalue weighted by atomic mass is 10.1. The number of carbonyl (C=O) groups is 1. The van der Waals surface area contributed by atoms with E-state index in [-0.39, 0.29) is 5.12 Å². The fourth-order valence-electron chi connectivity index (χ4n) is 1.77. The Morgan fingerprint density at radius 3 is 2.26 bits per heavy atom. The summed E-state index contributed by atoms with van der Waals surface area (Å²) in [6.45, 7) is 2.03. The van der Waals surface area contributed by atoms with Gasteiger partial charge in [0.2, 0.25) is 5.12 Å². The van der Waals surface area contributed by atoms with Gasteiger partial charge in [-0.05, 0) is 36.4 Å². The topological polar surface area (TPSA) is 26.3 Å². The zero-order valence-corrected chi connectivity index (χ0v) is 11.8. The summed E-state index contributed by atoms with van der Waals surface area (Å²) in [4.78, 5) is 13.2. The van der Waals surface area contributed by atoms with Crippen LogP contribution in [0.25, 0.3) is 0 Å². The number of carbonyl (C=O) groups excluding carboxylic acids is 1. The van der Waals surface area contributed by atoms with Crippen molar-refractivity contribution in [3.05, 3.63) is 65.7 Å². The van der Waals surface area contributed by atoms with Crippen molar-refractivity contribution in [1.82, 2.24) is 0 Å². The van der Waals surface area contributed by atoms with Crippen LogP contribution in [0, 0.1) is 6.92 Å². The van der Waals surface area contributed by atoms with Gasteiger partial charge >= 0.3 is 0 Å². The van der Waals surface area contributed by atoms with Gasteiger partial charge in [-0.25, -0.2) is 0 Å². The van der Waals surface area contributed by atoms with Crippen LogP contribution >= 0.6 is 11.8 Å². The first kappa shape index (κ1) is 13.8. The van der Waals surface area contributed by atoms with E-state index < -0.39 is 6.10 Å². The molecule has 3 heteroatoms. The highest BCUT2D eigenvalue weighted by Gasteiger charge is 2.20. The van der Waals surface area contributed by atoms with Crippen LogP contribution in [0.15, 0.2) is 59.5 Å². The smallest absolute Gasteiger partial charge is 0.226 e. The minimum atomic E-state index is -0.521. The minimum Gasteiger partial charge on any atom is -0.368 e. The van der Waals surface area contributed by atoms with Crippen molar-refractivity contribution in [1.29, 1.82) is 0 Å². The first-order valence-electron chi connectivity index (χ1n) is 6.07. The molecular formula is C16H16O2S. The van der Waals surface area contributed by atoms with Crippen LogP contribution in [-0.4, -0.2) is 12.2 Å². The van der Waals surface area contributed by atoms with Gasteiger partial charge in [-0.2, -0.15) is 0 Å². The van der Waals surface area contributed by atoms with Gasteiger partial charge in [0.15, 0.2) is 6.10 Å². The summed E-state index contributed by atoms with van der Waals surface area (Å²) in [7, 11) is 1.56. The maximum Gasteiger partial charge on any atom is 0.226 e. The summed E-state index contributed by atoms with van der Waals surface area (Å²) in [5.41, 5.74) is 2.07. The van der Waals surface area contributed by atoms with Crippen LogP contribution in [0.4, 0.5) is 0 Å². The molecule has 0 amide bonds. The van der Waals surface area contributed by atoms with Crippen LogP contribution in [0.3, 0.4) is 0 Å². The first-order chi connectivity index (χ1) is 9.20. The molecule has 0 aliphatic carbocycles. The number of aryl methyl sites for hydroxylation is 1. The zero-order chi connectivity index (χ0) is 13.7. The number of hydrogen-bond donors (Lipinski definition) is 0. The highest BCUT2D eigenvalue weighted by atomic mass is 32.2. The van der Waals surface area contributed by atoms with E-state index in [1.807, 2.05) is 61.5 Å². The second-order valence-electron chi connectivity index (χ2n) is 4.26. The quantitative estimate of drug-likeness (QED) is 0.787. The minimum absolute atomic E-state index is 0.00227. The number of thioether (sulfide) groups is 1. The van der Waals surface area contributed by atoms with Crippen molar-refractivity contribution in [2.24, 2.45) is 0 Å². The summed E-state index contributed by atoms with van der Waals surface area (Å²) in [5, 5.41) is -0.00227. The molecule has 0 aliphatic heterocycles. The molecule has 0 aromatic heterocycles. The van der Waals surface area contributed by atoms with E-state index in [1.54, 1.807) is 7.11 Å². The van der Waals surface area contributed by atoms with Crippen LogP contribution in [0.2, 0.25) is 0 Å². The summed E-state index contributed by atoms with van der Waals surface area (Å²) < 4.78 is 5.32. The summed E-state index contributed by atoms with van der Waals surface area (Å²) in [5.74, 6) is 0. The van der Waals surface area contributed by atoms with E-state index in [0.717, 1.165) is 10.5 Å². The van der Waals surface area contributed by atoms with Crippen LogP contribution in [0.5, 0.6) is 0 Å². The Bertz CT molecular complexity index is 534. The number of benzene rings is 2. The van der Waals surface area contributed by atoms with Crippen molar-refractivity contribution in [2.45, 2.75) is 17.9 Å². The Labute approximate surface area is 117 Å². The number of rotatable bonds is 4. The average Bonchev–Trinajstić information content (AvgIpc) is 2.43. The van der Waals surface area contributed by atoms with Crippen molar-refractivity contribution in [3.63, 3.8) is 0 Å². The van der Waals surface area contributed by atoms with Gasteiger partial charge in [0, 0.05) is 12.0 Å². The number of hydrogen-bond acceptors (Lipinski definition) is 3. The predicted octanol–water partition coefficient (Wildman–Crippen LogP) is 4.00. The standard InChI is InChI=1S/C16H16O2S/c1-12-8-10-14(11-9-12)19-16(17)15(18-2)13-6-4-3-5-7-13/h3-11,15H,1-2H3/t15-/m0/s1. The molecule has 0 saturated heterocycles. The Kier molecular flexibility index (Phi) is 4.77. The lowest BCUT2D eigenvalue weighted by Gasteiger charge is -2.13. The fourth-order valence-corrected chi connectivity index (χ4v) is 2.62. The van der Waals surface area contributed by atoms with Crippen molar-refractivity contribution < 1.29 is 9.53 Å². The van der Waals surface area contributed by atoms with Crippen molar-refractivity contribution in [2.75, 3.05) is 7.11 Å². The number of ether oxygens (including phenoxy) is 1. The second kappa shape index (κ2) is 6.55. The molecule has 0 N–H and O–H groups in total. The van der Waals surface area contributed by atoms with Gasteiger partial charge in [-0.3, -0.25) is 4.79 Å². The average molecular weight is 272 g/mol. The molecule has 98 valence electrons. The monoisotopic (exact) mass is 272 g/mol. The maximum absolute atomic E-state index is 12.3. The highest BCUT2D eigenvalue weighted by molar-refractivity contribution is 8.13. The van der Waals surface area contributed by atoms with Gasteiger partial charge in [-0.15, -0.1) is 0 Å². The third-order valence-corrected chi connectivity index (χ3v) is 3.71. The van der Waals surface area contributed by atoms with Gasteiger partial charge in [0.1, 0.15) is 0 Å². The molecule has 0 aliphatic rings. The Hall–Kier alpha value is -1.58. The Balaban J connectivity index is 2.11. The summed E-state index contributed by atoms with van der Waals surface area (Å²) in [6.07, 6.45) is -0.521. The van der Waals surface area contributed by atoms with Gasteiger partial charge in [0.25, 0.3) is 0 Å². The van der Waals surface area contributed by atoms with E-state index in [9.17, 15) is 4.79 Å². The highest BCUT2D eigenvalue weighted by Crippen LogP contribution is 2.28. The van der Waals surface area contributed by atoms with Gasteiger partial charge in [-0.1, -0.05) is 48.0 Å². The van der Waals surface area contributed by atoms with E-state index in [4.69, 9.17) is 4.74 Å². The fraction of sp³-hybridized carbons (Fsp3) is 0.188. The number of methoxy groups -OCH3 is 1. The summed E-state index contributed by atoms with van der Waals surface area (Å²) >= 11 is 1.22. The SMILES string of the molecule is CO[C@H](C(=O)Sc1ccc(C)cc1)c1ccccc1.